The molecule has 2 aromatic heterocycles. The van der Waals surface area contributed by atoms with Crippen LogP contribution in [0.25, 0.3) is 0 Å². The van der Waals surface area contributed by atoms with Gasteiger partial charge in [-0.2, -0.15) is 0 Å². The molecule has 2 amide bonds. The van der Waals surface area contributed by atoms with E-state index in [1.165, 1.54) is 49.8 Å². The molecule has 0 bridgehead atoms. The fourth-order valence-electron chi connectivity index (χ4n) is 7.51. The molecule has 3 aliphatic rings. The maximum Gasteiger partial charge on any atom is 0.307 e. The average molecular weight is 649 g/mol. The van der Waals surface area contributed by atoms with Crippen molar-refractivity contribution in [3.8, 4) is 11.6 Å². The number of ether oxygens (including phenoxy) is 1. The lowest BCUT2D eigenvalue weighted by molar-refractivity contribution is 0.0506. The summed E-state index contributed by atoms with van der Waals surface area (Å²) >= 11 is 0. The van der Waals surface area contributed by atoms with Crippen molar-refractivity contribution in [1.29, 1.82) is 0 Å². The Morgan fingerprint density at radius 1 is 1.13 bits per heavy atom. The molecule has 3 fully saturated rings. The summed E-state index contributed by atoms with van der Waals surface area (Å²) in [6.45, 7) is 11.0. The minimum Gasteiger partial charge on any atom is -0.441 e. The molecule has 6 rings (SSSR count). The van der Waals surface area contributed by atoms with E-state index in [9.17, 15) is 14.0 Å². The van der Waals surface area contributed by atoms with Gasteiger partial charge in [0, 0.05) is 38.3 Å². The van der Waals surface area contributed by atoms with Crippen molar-refractivity contribution in [3.63, 3.8) is 0 Å². The van der Waals surface area contributed by atoms with Crippen LogP contribution >= 0.6 is 0 Å². The summed E-state index contributed by atoms with van der Waals surface area (Å²) < 4.78 is 25.6. The van der Waals surface area contributed by atoms with Gasteiger partial charge in [0.15, 0.2) is 5.82 Å². The molecule has 0 unspecified atom stereocenters. The number of oxazole rings is 1. The summed E-state index contributed by atoms with van der Waals surface area (Å²) in [7, 11) is 0. The van der Waals surface area contributed by atoms with Gasteiger partial charge >= 0.3 is 5.91 Å². The third-order valence-electron chi connectivity index (χ3n) is 10.2. The predicted octanol–water partition coefficient (Wildman–Crippen LogP) is 4.94. The van der Waals surface area contributed by atoms with Gasteiger partial charge in [0.1, 0.15) is 24.2 Å². The molecule has 4 heterocycles. The first kappa shape index (κ1) is 32.8. The molecule has 2 saturated heterocycles. The normalized spacial score (nSPS) is 20.1. The zero-order valence-corrected chi connectivity index (χ0v) is 27.5. The van der Waals surface area contributed by atoms with Crippen LogP contribution in [0.15, 0.2) is 41.4 Å². The van der Waals surface area contributed by atoms with Crippen LogP contribution in [0.4, 0.5) is 10.2 Å². The number of carbonyl (C=O) groups excluding carboxylic acids is 2. The molecule has 1 spiro atoms. The zero-order valence-electron chi connectivity index (χ0n) is 27.5. The monoisotopic (exact) mass is 648 g/mol. The highest BCUT2D eigenvalue weighted by molar-refractivity contribution is 5.97. The van der Waals surface area contributed by atoms with Crippen LogP contribution in [0, 0.1) is 17.2 Å². The van der Waals surface area contributed by atoms with E-state index >= 15 is 0 Å². The van der Waals surface area contributed by atoms with Crippen LogP contribution in [-0.2, 0) is 0 Å². The molecule has 1 saturated carbocycles. The average Bonchev–Trinajstić information content (AvgIpc) is 3.78. The molecule has 1 N–H and O–H groups in total. The lowest BCUT2D eigenvalue weighted by atomic mass is 9.67. The minimum atomic E-state index is -0.510. The summed E-state index contributed by atoms with van der Waals surface area (Å²) in [5.41, 5.74) is 0.509. The molecule has 1 aliphatic carbocycles. The van der Waals surface area contributed by atoms with E-state index in [0.29, 0.717) is 23.7 Å². The van der Waals surface area contributed by atoms with E-state index in [1.807, 2.05) is 20.8 Å². The zero-order chi connectivity index (χ0) is 33.0. The lowest BCUT2D eigenvalue weighted by Crippen LogP contribution is -2.46. The van der Waals surface area contributed by atoms with Crippen molar-refractivity contribution in [2.24, 2.45) is 11.3 Å². The Morgan fingerprint density at radius 2 is 1.91 bits per heavy atom. The maximum absolute atomic E-state index is 14.3. The van der Waals surface area contributed by atoms with Gasteiger partial charge in [-0.05, 0) is 108 Å². The number of aromatic nitrogens is 4. The summed E-state index contributed by atoms with van der Waals surface area (Å²) in [6.07, 6.45) is 12.0. The van der Waals surface area contributed by atoms with Crippen LogP contribution in [0.1, 0.15) is 86.8 Å². The van der Waals surface area contributed by atoms with Crippen molar-refractivity contribution in [1.82, 2.24) is 35.3 Å². The molecule has 12 nitrogen and oxygen atoms in total. The number of likely N-dealkylation sites (tertiary alicyclic amines) is 1. The number of amides is 2. The van der Waals surface area contributed by atoms with Gasteiger partial charge in [0.25, 0.3) is 17.7 Å². The van der Waals surface area contributed by atoms with Crippen molar-refractivity contribution >= 4 is 17.6 Å². The molecule has 13 heteroatoms. The smallest absolute Gasteiger partial charge is 0.307 e. The summed E-state index contributed by atoms with van der Waals surface area (Å²) in [5.74, 6) is 0.560. The Balaban J connectivity index is 1.02. The van der Waals surface area contributed by atoms with Gasteiger partial charge in [-0.1, -0.05) is 0 Å². The van der Waals surface area contributed by atoms with Crippen molar-refractivity contribution in [2.75, 3.05) is 44.2 Å². The maximum atomic E-state index is 14.3. The van der Waals surface area contributed by atoms with Gasteiger partial charge in [0.05, 0.1) is 11.8 Å². The van der Waals surface area contributed by atoms with E-state index in [-0.39, 0.29) is 47.0 Å². The van der Waals surface area contributed by atoms with Crippen LogP contribution < -0.4 is 15.0 Å². The molecule has 0 radical (unpaired) electrons. The quantitative estimate of drug-likeness (QED) is 0.323. The number of nitrogens with zero attached hydrogens (tertiary/aromatic N) is 7. The predicted molar refractivity (Wildman–Crippen MR) is 173 cm³/mol. The minimum absolute atomic E-state index is 0.0511. The highest BCUT2D eigenvalue weighted by atomic mass is 19.1. The summed E-state index contributed by atoms with van der Waals surface area (Å²) in [4.78, 5) is 40.6. The first-order chi connectivity index (χ1) is 22.7. The Bertz CT molecular complexity index is 1520. The Labute approximate surface area is 275 Å². The van der Waals surface area contributed by atoms with Gasteiger partial charge in [-0.25, -0.2) is 14.4 Å². The first-order valence-electron chi connectivity index (χ1n) is 16.9. The highest BCUT2D eigenvalue weighted by Crippen LogP contribution is 2.45. The van der Waals surface area contributed by atoms with Crippen LogP contribution in [0.5, 0.6) is 11.6 Å². The van der Waals surface area contributed by atoms with E-state index in [1.54, 1.807) is 4.90 Å². The topological polar surface area (TPSA) is 130 Å². The number of carbonyl (C=O) groups is 2. The summed E-state index contributed by atoms with van der Waals surface area (Å²) in [5, 5.41) is 11.3. The Hall–Kier alpha value is -4.13. The van der Waals surface area contributed by atoms with Crippen molar-refractivity contribution in [3.05, 3.63) is 54.3 Å². The van der Waals surface area contributed by atoms with E-state index in [0.717, 1.165) is 64.8 Å². The molecular weight excluding hydrogens is 603 g/mol. The molecule has 2 aliphatic heterocycles. The van der Waals surface area contributed by atoms with E-state index in [2.05, 4.69) is 35.3 Å². The van der Waals surface area contributed by atoms with Crippen LogP contribution in [0.3, 0.4) is 0 Å². The summed E-state index contributed by atoms with van der Waals surface area (Å²) in [6, 6.07) is 4.08. The molecule has 1 aromatic carbocycles. The second-order valence-corrected chi connectivity index (χ2v) is 13.5. The van der Waals surface area contributed by atoms with E-state index in [4.69, 9.17) is 9.15 Å². The number of hydrogen-bond donors (Lipinski definition) is 1. The number of nitrogens with one attached hydrogen (secondary N) is 1. The van der Waals surface area contributed by atoms with Crippen LogP contribution in [-0.4, -0.2) is 93.1 Å². The number of anilines is 1. The van der Waals surface area contributed by atoms with Crippen molar-refractivity contribution in [2.45, 2.75) is 77.8 Å². The van der Waals surface area contributed by atoms with Gasteiger partial charge in [-0.3, -0.25) is 9.59 Å². The number of piperidine rings is 1. The second kappa shape index (κ2) is 14.3. The standard InChI is InChI=1S/C34H45FN8O4/c1-4-43(23(2)3)33(45)27-19-25(35)5-6-28(27)47-31-29(37-22-38-40-31)42-15-9-24(21-42)20-41-16-12-34(13-17-41)10-7-26(8-11-34)39-30(44)32-36-14-18-46-32/h5-6,14,18-19,22-24,26H,4,7-13,15-17,20-21H2,1-3H3,(H,39,44)/t24-/m0/s1. The van der Waals surface area contributed by atoms with Crippen molar-refractivity contribution < 1.29 is 23.1 Å². The highest BCUT2D eigenvalue weighted by Gasteiger charge is 2.39. The largest absolute Gasteiger partial charge is 0.441 e. The second-order valence-electron chi connectivity index (χ2n) is 13.5. The number of rotatable bonds is 10. The van der Waals surface area contributed by atoms with E-state index < -0.39 is 5.82 Å². The molecule has 47 heavy (non-hydrogen) atoms. The SMILES string of the molecule is CCN(C(=O)c1cc(F)ccc1Oc1nncnc1N1CC[C@@H](CN2CCC3(CCC(NC(=O)c4ncco4)CC3)CC2)C1)C(C)C. The number of halogens is 1. The fourth-order valence-corrected chi connectivity index (χ4v) is 7.51. The molecule has 252 valence electrons. The third-order valence-corrected chi connectivity index (χ3v) is 10.2. The number of benzene rings is 1. The Kier molecular flexibility index (Phi) is 10.00. The Morgan fingerprint density at radius 3 is 2.62 bits per heavy atom. The molecule has 3 aromatic rings. The third kappa shape index (κ3) is 7.55. The number of hydrogen-bond acceptors (Lipinski definition) is 10. The fraction of sp³-hybridized carbons (Fsp3) is 0.588. The molecular formula is C34H45FN8O4. The van der Waals surface area contributed by atoms with Gasteiger partial charge in [0.2, 0.25) is 0 Å². The molecule has 1 atom stereocenters. The first-order valence-corrected chi connectivity index (χ1v) is 16.9. The van der Waals surface area contributed by atoms with Gasteiger partial charge < -0.3 is 29.2 Å². The lowest BCUT2D eigenvalue weighted by Gasteiger charge is -2.46. The van der Waals surface area contributed by atoms with Gasteiger partial charge in [-0.15, -0.1) is 10.2 Å². The van der Waals surface area contributed by atoms with Crippen LogP contribution in [0.2, 0.25) is 0 Å².